The zero-order valence-electron chi connectivity index (χ0n) is 16.3. The summed E-state index contributed by atoms with van der Waals surface area (Å²) in [5.74, 6) is -4.71. The molecule has 3 rings (SSSR count). The molecule has 2 saturated heterocycles. The maximum absolute atomic E-state index is 13.0. The summed E-state index contributed by atoms with van der Waals surface area (Å²) in [6.07, 6.45) is 1.39. The lowest BCUT2D eigenvalue weighted by atomic mass is 9.79. The summed E-state index contributed by atoms with van der Waals surface area (Å²) in [7, 11) is 0. The normalized spacial score (nSPS) is 28.5. The number of carbonyl (C=O) groups is 4. The predicted molar refractivity (Wildman–Crippen MR) is 99.7 cm³/mol. The number of carboxylic acids is 1. The van der Waals surface area contributed by atoms with Crippen molar-refractivity contribution in [3.63, 3.8) is 0 Å². The Labute approximate surface area is 167 Å². The van der Waals surface area contributed by atoms with E-state index in [-0.39, 0.29) is 6.54 Å². The lowest BCUT2D eigenvalue weighted by Gasteiger charge is -2.29. The van der Waals surface area contributed by atoms with Crippen LogP contribution in [-0.2, 0) is 19.2 Å². The Balaban J connectivity index is 2.00. The average molecular weight is 404 g/mol. The number of carboxylic acid groups (broad SMARTS) is 1. The highest BCUT2D eigenvalue weighted by Gasteiger charge is 2.68. The topological polar surface area (TPSA) is 133 Å². The molecule has 2 aliphatic heterocycles. The monoisotopic (exact) mass is 404 g/mol. The zero-order valence-corrected chi connectivity index (χ0v) is 16.3. The van der Waals surface area contributed by atoms with E-state index >= 15 is 0 Å². The van der Waals surface area contributed by atoms with E-state index in [1.807, 2.05) is 6.92 Å². The van der Waals surface area contributed by atoms with Gasteiger partial charge < -0.3 is 14.9 Å². The summed E-state index contributed by atoms with van der Waals surface area (Å²) in [4.78, 5) is 50.3. The van der Waals surface area contributed by atoms with Crippen molar-refractivity contribution >= 4 is 23.8 Å². The summed E-state index contributed by atoms with van der Waals surface area (Å²) in [6, 6.07) is 5.49. The Morgan fingerprint density at radius 3 is 2.38 bits per heavy atom. The number of ether oxygens (including phenoxy) is 1. The SMILES string of the molecule is CCCCN1C(=O)C2C(c3ccc(OC(C)=O)cc3)NC(CO)(C(=O)O)C2C1=O. The fraction of sp³-hybridized carbons (Fsp3) is 0.500. The minimum Gasteiger partial charge on any atom is -0.480 e. The van der Waals surface area contributed by atoms with E-state index in [1.165, 1.54) is 19.1 Å². The lowest BCUT2D eigenvalue weighted by molar-refractivity contribution is -0.153. The third-order valence-electron chi connectivity index (χ3n) is 5.61. The van der Waals surface area contributed by atoms with E-state index in [1.54, 1.807) is 12.1 Å². The van der Waals surface area contributed by atoms with E-state index in [0.29, 0.717) is 17.7 Å². The summed E-state index contributed by atoms with van der Waals surface area (Å²) < 4.78 is 5.00. The number of esters is 1. The number of aliphatic carboxylic acids is 1. The van der Waals surface area contributed by atoms with Gasteiger partial charge in [0.15, 0.2) is 5.54 Å². The number of carbonyl (C=O) groups excluding carboxylic acids is 3. The van der Waals surface area contributed by atoms with Gasteiger partial charge >= 0.3 is 11.9 Å². The van der Waals surface area contributed by atoms with E-state index in [0.717, 1.165) is 11.3 Å². The number of benzene rings is 1. The van der Waals surface area contributed by atoms with Crippen molar-refractivity contribution in [1.29, 1.82) is 0 Å². The second-order valence-electron chi connectivity index (χ2n) is 7.40. The molecule has 2 heterocycles. The van der Waals surface area contributed by atoms with E-state index in [4.69, 9.17) is 4.74 Å². The van der Waals surface area contributed by atoms with Gasteiger partial charge in [-0.2, -0.15) is 0 Å². The number of aliphatic hydroxyl groups is 1. The molecular formula is C20H24N2O7. The number of hydrogen-bond donors (Lipinski definition) is 3. The van der Waals surface area contributed by atoms with Crippen LogP contribution in [0.25, 0.3) is 0 Å². The summed E-state index contributed by atoms with van der Waals surface area (Å²) in [5, 5.41) is 22.6. The maximum Gasteiger partial charge on any atom is 0.327 e. The van der Waals surface area contributed by atoms with Crippen LogP contribution in [-0.4, -0.2) is 57.6 Å². The fourth-order valence-corrected chi connectivity index (χ4v) is 4.20. The highest BCUT2D eigenvalue weighted by molar-refractivity contribution is 6.09. The van der Waals surface area contributed by atoms with Gasteiger partial charge in [-0.3, -0.25) is 29.4 Å². The smallest absolute Gasteiger partial charge is 0.327 e. The number of likely N-dealkylation sites (tertiary alicyclic amines) is 1. The molecule has 0 bridgehead atoms. The Morgan fingerprint density at radius 2 is 1.86 bits per heavy atom. The van der Waals surface area contributed by atoms with E-state index in [9.17, 15) is 29.4 Å². The first-order valence-electron chi connectivity index (χ1n) is 9.52. The van der Waals surface area contributed by atoms with Gasteiger partial charge in [0, 0.05) is 19.5 Å². The molecule has 0 aromatic heterocycles. The van der Waals surface area contributed by atoms with Crippen molar-refractivity contribution in [3.05, 3.63) is 29.8 Å². The molecule has 1 aromatic rings. The number of nitrogens with one attached hydrogen (secondary N) is 1. The molecular weight excluding hydrogens is 380 g/mol. The minimum absolute atomic E-state index is 0.223. The molecule has 3 N–H and O–H groups in total. The minimum atomic E-state index is -1.95. The quantitative estimate of drug-likeness (QED) is 0.339. The standard InChI is InChI=1S/C20H24N2O7/c1-3-4-9-22-17(25)14-15(18(22)26)20(10-23,19(27)28)21-16(14)12-5-7-13(8-6-12)29-11(2)24/h5-8,14-16,21,23H,3-4,9-10H2,1-2H3,(H,27,28). The molecule has 9 heteroatoms. The number of unbranched alkanes of at least 4 members (excludes halogenated alkanes) is 1. The molecule has 156 valence electrons. The van der Waals surface area contributed by atoms with Crippen molar-refractivity contribution in [2.24, 2.45) is 11.8 Å². The van der Waals surface area contributed by atoms with Gasteiger partial charge in [-0.1, -0.05) is 25.5 Å². The molecule has 0 aliphatic carbocycles. The number of imide groups is 1. The Kier molecular flexibility index (Phi) is 5.72. The van der Waals surface area contributed by atoms with Crippen molar-refractivity contribution in [1.82, 2.24) is 10.2 Å². The molecule has 2 amide bonds. The van der Waals surface area contributed by atoms with Gasteiger partial charge in [0.1, 0.15) is 5.75 Å². The molecule has 2 fully saturated rings. The van der Waals surface area contributed by atoms with Gasteiger partial charge in [-0.25, -0.2) is 0 Å². The molecule has 9 nitrogen and oxygen atoms in total. The van der Waals surface area contributed by atoms with Crippen LogP contribution in [0.5, 0.6) is 5.75 Å². The van der Waals surface area contributed by atoms with E-state index in [2.05, 4.69) is 5.32 Å². The zero-order chi connectivity index (χ0) is 21.3. The Bertz CT molecular complexity index is 838. The average Bonchev–Trinajstić information content (AvgIpc) is 3.15. The van der Waals surface area contributed by atoms with Gasteiger partial charge in [-0.05, 0) is 24.1 Å². The van der Waals surface area contributed by atoms with Crippen molar-refractivity contribution in [3.8, 4) is 5.75 Å². The number of rotatable bonds is 7. The number of fused-ring (bicyclic) bond motifs is 1. The van der Waals surface area contributed by atoms with Crippen LogP contribution in [0.4, 0.5) is 0 Å². The van der Waals surface area contributed by atoms with Gasteiger partial charge in [0.25, 0.3) is 0 Å². The first-order chi connectivity index (χ1) is 13.8. The Morgan fingerprint density at radius 1 is 1.21 bits per heavy atom. The molecule has 1 aromatic carbocycles. The van der Waals surface area contributed by atoms with Crippen LogP contribution in [0.15, 0.2) is 24.3 Å². The van der Waals surface area contributed by atoms with E-state index < -0.39 is 53.8 Å². The molecule has 0 spiro atoms. The molecule has 0 radical (unpaired) electrons. The molecule has 4 unspecified atom stereocenters. The van der Waals surface area contributed by atoms with Crippen LogP contribution in [0, 0.1) is 11.8 Å². The summed E-state index contributed by atoms with van der Waals surface area (Å²) in [5.41, 5.74) is -1.39. The van der Waals surface area contributed by atoms with Crippen LogP contribution in [0.2, 0.25) is 0 Å². The second kappa shape index (κ2) is 7.92. The number of hydrogen-bond acceptors (Lipinski definition) is 7. The molecule has 29 heavy (non-hydrogen) atoms. The predicted octanol–water partition coefficient (Wildman–Crippen LogP) is 0.473. The highest BCUT2D eigenvalue weighted by Crippen LogP contribution is 2.48. The van der Waals surface area contributed by atoms with Gasteiger partial charge in [-0.15, -0.1) is 0 Å². The van der Waals surface area contributed by atoms with Crippen LogP contribution in [0.3, 0.4) is 0 Å². The first-order valence-corrected chi connectivity index (χ1v) is 9.52. The molecule has 2 aliphatic rings. The molecule has 0 saturated carbocycles. The van der Waals surface area contributed by atoms with Crippen molar-refractivity contribution in [2.75, 3.05) is 13.2 Å². The number of nitrogens with zero attached hydrogens (tertiary/aromatic N) is 1. The lowest BCUT2D eigenvalue weighted by Crippen LogP contribution is -2.58. The van der Waals surface area contributed by atoms with Gasteiger partial charge in [0.2, 0.25) is 11.8 Å². The number of amides is 2. The van der Waals surface area contributed by atoms with Gasteiger partial charge in [0.05, 0.1) is 18.4 Å². The second-order valence-corrected chi connectivity index (χ2v) is 7.40. The van der Waals surface area contributed by atoms with Crippen molar-refractivity contribution in [2.45, 2.75) is 38.3 Å². The third-order valence-corrected chi connectivity index (χ3v) is 5.61. The maximum atomic E-state index is 13.0. The Hall–Kier alpha value is -2.78. The summed E-state index contributed by atoms with van der Waals surface area (Å²) in [6.45, 7) is 2.59. The van der Waals surface area contributed by atoms with Crippen LogP contribution in [0.1, 0.15) is 38.3 Å². The highest BCUT2D eigenvalue weighted by atomic mass is 16.5. The van der Waals surface area contributed by atoms with Crippen molar-refractivity contribution < 1.29 is 34.1 Å². The summed E-state index contributed by atoms with van der Waals surface area (Å²) >= 11 is 0. The largest absolute Gasteiger partial charge is 0.480 e. The van der Waals surface area contributed by atoms with Crippen LogP contribution >= 0.6 is 0 Å². The number of aliphatic hydroxyl groups excluding tert-OH is 1. The first kappa shape index (κ1) is 20.9. The fourth-order valence-electron chi connectivity index (χ4n) is 4.20. The molecule has 4 atom stereocenters. The van der Waals surface area contributed by atoms with Crippen LogP contribution < -0.4 is 10.1 Å². The third kappa shape index (κ3) is 3.40.